The molecule has 8 heteroatoms. The summed E-state index contributed by atoms with van der Waals surface area (Å²) in [5.41, 5.74) is 0. The Morgan fingerprint density at radius 2 is 2.20 bits per heavy atom. The molecule has 0 aromatic carbocycles. The highest BCUT2D eigenvalue weighted by Crippen LogP contribution is 2.45. The molecule has 0 spiro atoms. The molecule has 104 valence electrons. The monoisotopic (exact) mass is 342 g/mol. The Bertz CT molecular complexity index is 668. The number of aromatic nitrogens is 1. The Morgan fingerprint density at radius 3 is 3.00 bits per heavy atom. The van der Waals surface area contributed by atoms with Gasteiger partial charge in [0.1, 0.15) is 5.82 Å². The number of pyridine rings is 1. The lowest BCUT2D eigenvalue weighted by atomic mass is 10.3. The third-order valence-corrected chi connectivity index (χ3v) is 8.14. The van der Waals surface area contributed by atoms with Crippen molar-refractivity contribution >= 4 is 57.9 Å². The number of nitrogens with zero attached hydrogens (tertiary/aromatic N) is 1. The van der Waals surface area contributed by atoms with E-state index in [1.54, 1.807) is 35.8 Å². The van der Waals surface area contributed by atoms with Gasteiger partial charge in [0, 0.05) is 23.6 Å². The number of nitrogens with one attached hydrogen (secondary N) is 1. The highest BCUT2D eigenvalue weighted by molar-refractivity contribution is 8.08. The van der Waals surface area contributed by atoms with Crippen molar-refractivity contribution < 1.29 is 4.79 Å². The number of rotatable bonds is 3. The molecule has 0 bridgehead atoms. The van der Waals surface area contributed by atoms with Gasteiger partial charge in [-0.15, -0.1) is 23.5 Å². The molecular formula is C12H10N2O2S4. The van der Waals surface area contributed by atoms with E-state index in [4.69, 9.17) is 0 Å². The van der Waals surface area contributed by atoms with Crippen molar-refractivity contribution in [2.75, 3.05) is 11.1 Å². The van der Waals surface area contributed by atoms with Crippen LogP contribution >= 0.6 is 46.2 Å². The molecule has 1 atom stereocenters. The van der Waals surface area contributed by atoms with Crippen LogP contribution in [-0.2, 0) is 4.79 Å². The Morgan fingerprint density at radius 1 is 1.35 bits per heavy atom. The molecule has 3 heterocycles. The molecule has 0 aliphatic carbocycles. The first kappa shape index (κ1) is 14.1. The van der Waals surface area contributed by atoms with Crippen molar-refractivity contribution in [2.24, 2.45) is 0 Å². The van der Waals surface area contributed by atoms with Crippen molar-refractivity contribution in [3.63, 3.8) is 0 Å². The molecule has 2 aromatic heterocycles. The van der Waals surface area contributed by atoms with Crippen molar-refractivity contribution in [3.8, 4) is 0 Å². The summed E-state index contributed by atoms with van der Waals surface area (Å²) in [6.07, 6.45) is 2.08. The number of anilines is 1. The molecule has 1 amide bonds. The van der Waals surface area contributed by atoms with Gasteiger partial charge >= 0.3 is 0 Å². The van der Waals surface area contributed by atoms with E-state index in [9.17, 15) is 9.59 Å². The Kier molecular flexibility index (Phi) is 4.45. The molecule has 20 heavy (non-hydrogen) atoms. The maximum absolute atomic E-state index is 12.0. The molecule has 0 radical (unpaired) electrons. The normalized spacial score (nSPS) is 17.5. The van der Waals surface area contributed by atoms with Crippen LogP contribution in [0.15, 0.2) is 37.6 Å². The summed E-state index contributed by atoms with van der Waals surface area (Å²) >= 11 is 5.92. The lowest BCUT2D eigenvalue weighted by Gasteiger charge is -2.19. The van der Waals surface area contributed by atoms with E-state index in [0.717, 1.165) is 14.2 Å². The van der Waals surface area contributed by atoms with Crippen LogP contribution in [0.2, 0.25) is 0 Å². The summed E-state index contributed by atoms with van der Waals surface area (Å²) in [6, 6.07) is 5.41. The second-order valence-corrected chi connectivity index (χ2v) is 9.13. The second-order valence-electron chi connectivity index (χ2n) is 4.05. The zero-order chi connectivity index (χ0) is 13.9. The number of carbonyl (C=O) groups excluding carboxylic acids is 1. The van der Waals surface area contributed by atoms with E-state index >= 15 is 0 Å². The van der Waals surface area contributed by atoms with Gasteiger partial charge in [-0.25, -0.2) is 4.98 Å². The highest BCUT2D eigenvalue weighted by atomic mass is 32.2. The second kappa shape index (κ2) is 6.30. The summed E-state index contributed by atoms with van der Waals surface area (Å²) in [6.45, 7) is 0. The van der Waals surface area contributed by atoms with E-state index in [1.807, 2.05) is 12.1 Å². The van der Waals surface area contributed by atoms with Gasteiger partial charge in [0.15, 0.2) is 0 Å². The summed E-state index contributed by atoms with van der Waals surface area (Å²) in [5.74, 6) is 1.40. The van der Waals surface area contributed by atoms with Crippen LogP contribution < -0.4 is 9.37 Å². The molecular weight excluding hydrogens is 332 g/mol. The van der Waals surface area contributed by atoms with Crippen LogP contribution in [0.1, 0.15) is 6.42 Å². The van der Waals surface area contributed by atoms with Crippen LogP contribution in [0.4, 0.5) is 5.82 Å². The minimum Gasteiger partial charge on any atom is -0.311 e. The fourth-order valence-electron chi connectivity index (χ4n) is 1.71. The number of fused-ring (bicyclic) bond motifs is 1. The van der Waals surface area contributed by atoms with E-state index in [2.05, 4.69) is 10.3 Å². The van der Waals surface area contributed by atoms with E-state index in [0.29, 0.717) is 12.2 Å². The highest BCUT2D eigenvalue weighted by Gasteiger charge is 2.25. The standard InChI is InChI=1S/C12H10N2O2S4/c15-9(14-8-3-1-2-4-13-8)5-7-6-17-10-11(18-7)20-12(16)19-10/h1-4,7H,5-6H2,(H,13,14,15). The largest absolute Gasteiger partial charge is 0.311 e. The molecule has 1 aliphatic rings. The fourth-order valence-corrected chi connectivity index (χ4v) is 7.48. The number of hydrogen-bond donors (Lipinski definition) is 1. The van der Waals surface area contributed by atoms with Gasteiger partial charge in [-0.2, -0.15) is 0 Å². The third kappa shape index (κ3) is 3.43. The number of hydrogen-bond acceptors (Lipinski definition) is 7. The van der Waals surface area contributed by atoms with Crippen LogP contribution in [0.3, 0.4) is 0 Å². The quantitative estimate of drug-likeness (QED) is 0.928. The van der Waals surface area contributed by atoms with Gasteiger partial charge in [0.25, 0.3) is 4.06 Å². The molecule has 1 N–H and O–H groups in total. The third-order valence-electron chi connectivity index (χ3n) is 2.54. The summed E-state index contributed by atoms with van der Waals surface area (Å²) in [4.78, 5) is 27.4. The predicted octanol–water partition coefficient (Wildman–Crippen LogP) is 3.16. The molecule has 3 rings (SSSR count). The van der Waals surface area contributed by atoms with Gasteiger partial charge in [-0.3, -0.25) is 9.59 Å². The predicted molar refractivity (Wildman–Crippen MR) is 86.3 cm³/mol. The minimum atomic E-state index is -0.0344. The van der Waals surface area contributed by atoms with E-state index < -0.39 is 0 Å². The topological polar surface area (TPSA) is 59.1 Å². The zero-order valence-corrected chi connectivity index (χ0v) is 13.5. The van der Waals surface area contributed by atoms with Crippen molar-refractivity contribution in [3.05, 3.63) is 33.2 Å². The van der Waals surface area contributed by atoms with Gasteiger partial charge in [0.2, 0.25) is 5.91 Å². The Balaban J connectivity index is 1.59. The van der Waals surface area contributed by atoms with Crippen molar-refractivity contribution in [1.82, 2.24) is 4.98 Å². The van der Waals surface area contributed by atoms with Gasteiger partial charge in [-0.05, 0) is 12.1 Å². The Labute approximate surface area is 132 Å². The molecule has 0 saturated heterocycles. The summed E-state index contributed by atoms with van der Waals surface area (Å²) < 4.78 is 2.30. The van der Waals surface area contributed by atoms with Crippen LogP contribution in [0.25, 0.3) is 0 Å². The summed E-state index contributed by atoms with van der Waals surface area (Å²) in [5, 5.41) is 3.00. The lowest BCUT2D eigenvalue weighted by molar-refractivity contribution is -0.116. The van der Waals surface area contributed by atoms with Gasteiger partial charge in [0.05, 0.1) is 8.42 Å². The van der Waals surface area contributed by atoms with Gasteiger partial charge < -0.3 is 5.32 Å². The molecule has 1 aliphatic heterocycles. The average molecular weight is 342 g/mol. The van der Waals surface area contributed by atoms with Gasteiger partial charge in [-0.1, -0.05) is 28.7 Å². The first-order valence-corrected chi connectivity index (χ1v) is 9.35. The first-order valence-electron chi connectivity index (χ1n) is 5.85. The maximum atomic E-state index is 12.0. The van der Waals surface area contributed by atoms with Crippen LogP contribution in [-0.4, -0.2) is 21.9 Å². The minimum absolute atomic E-state index is 0.0344. The first-order chi connectivity index (χ1) is 9.70. The lowest BCUT2D eigenvalue weighted by Crippen LogP contribution is -2.21. The average Bonchev–Trinajstić information content (AvgIpc) is 2.79. The molecule has 0 saturated carbocycles. The van der Waals surface area contributed by atoms with Crippen molar-refractivity contribution in [2.45, 2.75) is 20.1 Å². The molecule has 0 fully saturated rings. The van der Waals surface area contributed by atoms with E-state index in [-0.39, 0.29) is 15.2 Å². The number of carbonyl (C=O) groups is 1. The molecule has 4 nitrogen and oxygen atoms in total. The van der Waals surface area contributed by atoms with Crippen LogP contribution in [0, 0.1) is 0 Å². The maximum Gasteiger partial charge on any atom is 0.289 e. The SMILES string of the molecule is O=C(CC1CSc2sc(=O)sc2S1)Nc1ccccn1. The summed E-state index contributed by atoms with van der Waals surface area (Å²) in [7, 11) is 0. The molecule has 2 aromatic rings. The zero-order valence-electron chi connectivity index (χ0n) is 10.2. The fraction of sp³-hybridized carbons (Fsp3) is 0.250. The van der Waals surface area contributed by atoms with Crippen LogP contribution in [0.5, 0.6) is 0 Å². The van der Waals surface area contributed by atoms with Crippen molar-refractivity contribution in [1.29, 1.82) is 0 Å². The number of amides is 1. The molecule has 1 unspecified atom stereocenters. The number of thioether (sulfide) groups is 2. The van der Waals surface area contributed by atoms with E-state index in [1.165, 1.54) is 22.7 Å². The Hall–Kier alpha value is -0.830. The smallest absolute Gasteiger partial charge is 0.289 e.